The van der Waals surface area contributed by atoms with Crippen LogP contribution in [-0.2, 0) is 16.1 Å². The van der Waals surface area contributed by atoms with Gasteiger partial charge in [-0.1, -0.05) is 18.9 Å². The second-order valence-electron chi connectivity index (χ2n) is 4.33. The molecule has 1 saturated carbocycles. The first-order valence-corrected chi connectivity index (χ1v) is 6.18. The number of nitrogens with one attached hydrogen (secondary N) is 1. The van der Waals surface area contributed by atoms with E-state index in [0.717, 1.165) is 12.6 Å². The standard InChI is InChI=1S/C11H16N2.C2H2O4/c1-2-6-11(5-1)13-9-10-4-3-7-12-8-10;3-1(4)2(5)6/h3-4,7-8,11,13H,1-2,5-6,9H2;(H,3,4)(H,5,6). The predicted molar refractivity (Wildman–Crippen MR) is 68.6 cm³/mol. The molecule has 0 atom stereocenters. The Hall–Kier alpha value is -1.95. The first-order valence-electron chi connectivity index (χ1n) is 6.18. The zero-order valence-electron chi connectivity index (χ0n) is 10.6. The van der Waals surface area contributed by atoms with Crippen molar-refractivity contribution in [2.75, 3.05) is 0 Å². The van der Waals surface area contributed by atoms with Gasteiger partial charge in [-0.05, 0) is 24.5 Å². The minimum absolute atomic E-state index is 0.750. The Kier molecular flexibility index (Phi) is 6.52. The van der Waals surface area contributed by atoms with Crippen molar-refractivity contribution in [3.8, 4) is 0 Å². The summed E-state index contributed by atoms with van der Waals surface area (Å²) in [5.41, 5.74) is 1.29. The lowest BCUT2D eigenvalue weighted by atomic mass is 10.2. The Morgan fingerprint density at radius 3 is 2.37 bits per heavy atom. The summed E-state index contributed by atoms with van der Waals surface area (Å²) >= 11 is 0. The number of hydrogen-bond donors (Lipinski definition) is 3. The van der Waals surface area contributed by atoms with Crippen molar-refractivity contribution in [1.82, 2.24) is 10.3 Å². The van der Waals surface area contributed by atoms with Crippen molar-refractivity contribution in [2.24, 2.45) is 0 Å². The van der Waals surface area contributed by atoms with Crippen LogP contribution >= 0.6 is 0 Å². The number of aromatic nitrogens is 1. The van der Waals surface area contributed by atoms with E-state index in [4.69, 9.17) is 19.8 Å². The molecule has 0 spiro atoms. The smallest absolute Gasteiger partial charge is 0.414 e. The van der Waals surface area contributed by atoms with Crippen LogP contribution in [0.15, 0.2) is 24.5 Å². The molecule has 0 amide bonds. The monoisotopic (exact) mass is 266 g/mol. The van der Waals surface area contributed by atoms with Crippen LogP contribution in [0, 0.1) is 0 Å². The number of rotatable bonds is 3. The summed E-state index contributed by atoms with van der Waals surface area (Å²) in [5, 5.41) is 18.3. The predicted octanol–water partition coefficient (Wildman–Crippen LogP) is 1.27. The third-order valence-electron chi connectivity index (χ3n) is 2.86. The highest BCUT2D eigenvalue weighted by molar-refractivity contribution is 6.27. The van der Waals surface area contributed by atoms with Crippen LogP contribution in [0.2, 0.25) is 0 Å². The first-order chi connectivity index (χ1) is 9.09. The summed E-state index contributed by atoms with van der Waals surface area (Å²) in [6, 6.07) is 4.86. The van der Waals surface area contributed by atoms with E-state index in [-0.39, 0.29) is 0 Å². The third-order valence-corrected chi connectivity index (χ3v) is 2.86. The molecule has 1 aromatic heterocycles. The Labute approximate surface area is 111 Å². The summed E-state index contributed by atoms with van der Waals surface area (Å²) in [4.78, 5) is 22.3. The minimum atomic E-state index is -1.82. The van der Waals surface area contributed by atoms with Crippen LogP contribution in [-0.4, -0.2) is 33.2 Å². The Morgan fingerprint density at radius 1 is 1.26 bits per heavy atom. The minimum Gasteiger partial charge on any atom is -0.473 e. The van der Waals surface area contributed by atoms with Gasteiger partial charge in [0.1, 0.15) is 0 Å². The topological polar surface area (TPSA) is 99.5 Å². The number of aliphatic carboxylic acids is 2. The highest BCUT2D eigenvalue weighted by Gasteiger charge is 2.13. The maximum Gasteiger partial charge on any atom is 0.414 e. The van der Waals surface area contributed by atoms with Gasteiger partial charge in [-0.2, -0.15) is 0 Å². The molecule has 1 fully saturated rings. The van der Waals surface area contributed by atoms with Gasteiger partial charge < -0.3 is 15.5 Å². The molecular formula is C13H18N2O4. The molecule has 2 rings (SSSR count). The van der Waals surface area contributed by atoms with E-state index in [1.54, 1.807) is 0 Å². The van der Waals surface area contributed by atoms with Crippen molar-refractivity contribution in [1.29, 1.82) is 0 Å². The number of carboxylic acids is 2. The summed E-state index contributed by atoms with van der Waals surface area (Å²) in [5.74, 6) is -3.65. The largest absolute Gasteiger partial charge is 0.473 e. The Morgan fingerprint density at radius 2 is 1.89 bits per heavy atom. The second kappa shape index (κ2) is 8.20. The maximum atomic E-state index is 9.10. The van der Waals surface area contributed by atoms with Crippen LogP contribution in [0.25, 0.3) is 0 Å². The van der Waals surface area contributed by atoms with Crippen molar-refractivity contribution >= 4 is 11.9 Å². The molecule has 0 aliphatic heterocycles. The lowest BCUT2D eigenvalue weighted by molar-refractivity contribution is -0.159. The van der Waals surface area contributed by atoms with E-state index in [9.17, 15) is 0 Å². The van der Waals surface area contributed by atoms with Gasteiger partial charge in [-0.3, -0.25) is 4.98 Å². The van der Waals surface area contributed by atoms with Crippen LogP contribution in [0.5, 0.6) is 0 Å². The molecule has 6 heteroatoms. The quantitative estimate of drug-likeness (QED) is 0.712. The van der Waals surface area contributed by atoms with Gasteiger partial charge in [0.15, 0.2) is 0 Å². The van der Waals surface area contributed by atoms with Crippen LogP contribution < -0.4 is 5.32 Å². The van der Waals surface area contributed by atoms with Crippen LogP contribution in [0.1, 0.15) is 31.2 Å². The molecule has 1 aliphatic rings. The zero-order valence-corrected chi connectivity index (χ0v) is 10.6. The zero-order chi connectivity index (χ0) is 14.1. The number of nitrogens with zero attached hydrogens (tertiary/aromatic N) is 1. The van der Waals surface area contributed by atoms with Crippen molar-refractivity contribution in [3.63, 3.8) is 0 Å². The SMILES string of the molecule is O=C(O)C(=O)O.c1cncc(CNC2CCCC2)c1. The normalized spacial score (nSPS) is 14.5. The number of hydrogen-bond acceptors (Lipinski definition) is 4. The number of pyridine rings is 1. The van der Waals surface area contributed by atoms with Gasteiger partial charge in [0.2, 0.25) is 0 Å². The second-order valence-corrected chi connectivity index (χ2v) is 4.33. The molecule has 3 N–H and O–H groups in total. The molecule has 19 heavy (non-hydrogen) atoms. The fraction of sp³-hybridized carbons (Fsp3) is 0.462. The van der Waals surface area contributed by atoms with Gasteiger partial charge in [-0.25, -0.2) is 9.59 Å². The lowest BCUT2D eigenvalue weighted by Crippen LogP contribution is -2.25. The molecular weight excluding hydrogens is 248 g/mol. The maximum absolute atomic E-state index is 9.10. The van der Waals surface area contributed by atoms with Gasteiger partial charge in [0.05, 0.1) is 0 Å². The fourth-order valence-corrected chi connectivity index (χ4v) is 1.89. The molecule has 0 unspecified atom stereocenters. The highest BCUT2D eigenvalue weighted by atomic mass is 16.4. The third kappa shape index (κ3) is 6.52. The molecule has 6 nitrogen and oxygen atoms in total. The number of carbonyl (C=O) groups is 2. The van der Waals surface area contributed by atoms with Gasteiger partial charge in [0, 0.05) is 25.0 Å². The van der Waals surface area contributed by atoms with Gasteiger partial charge >= 0.3 is 11.9 Å². The molecule has 104 valence electrons. The summed E-state index contributed by atoms with van der Waals surface area (Å²) < 4.78 is 0. The van der Waals surface area contributed by atoms with E-state index in [0.29, 0.717) is 0 Å². The van der Waals surface area contributed by atoms with Crippen molar-refractivity contribution in [2.45, 2.75) is 38.3 Å². The summed E-state index contributed by atoms with van der Waals surface area (Å²) in [6.45, 7) is 0.971. The van der Waals surface area contributed by atoms with Crippen molar-refractivity contribution in [3.05, 3.63) is 30.1 Å². The molecule has 1 heterocycles. The summed E-state index contributed by atoms with van der Waals surface area (Å²) in [6.07, 6.45) is 9.23. The van der Waals surface area contributed by atoms with Gasteiger partial charge in [0.25, 0.3) is 0 Å². The highest BCUT2D eigenvalue weighted by Crippen LogP contribution is 2.17. The van der Waals surface area contributed by atoms with E-state index in [1.807, 2.05) is 18.5 Å². The number of carboxylic acid groups (broad SMARTS) is 2. The molecule has 1 aliphatic carbocycles. The molecule has 0 aromatic carbocycles. The van der Waals surface area contributed by atoms with E-state index in [1.165, 1.54) is 31.2 Å². The Balaban J connectivity index is 0.000000258. The molecule has 0 saturated heterocycles. The van der Waals surface area contributed by atoms with E-state index >= 15 is 0 Å². The van der Waals surface area contributed by atoms with E-state index < -0.39 is 11.9 Å². The lowest BCUT2D eigenvalue weighted by Gasteiger charge is -2.10. The average Bonchev–Trinajstić information content (AvgIpc) is 2.91. The van der Waals surface area contributed by atoms with Crippen LogP contribution in [0.4, 0.5) is 0 Å². The fourth-order valence-electron chi connectivity index (χ4n) is 1.89. The molecule has 0 radical (unpaired) electrons. The summed E-state index contributed by atoms with van der Waals surface area (Å²) in [7, 11) is 0. The van der Waals surface area contributed by atoms with Crippen molar-refractivity contribution < 1.29 is 19.8 Å². The Bertz CT molecular complexity index is 390. The molecule has 1 aromatic rings. The first kappa shape index (κ1) is 15.1. The van der Waals surface area contributed by atoms with Gasteiger partial charge in [-0.15, -0.1) is 0 Å². The molecule has 0 bridgehead atoms. The van der Waals surface area contributed by atoms with E-state index in [2.05, 4.69) is 16.4 Å². The van der Waals surface area contributed by atoms with Crippen LogP contribution in [0.3, 0.4) is 0 Å². The average molecular weight is 266 g/mol.